The summed E-state index contributed by atoms with van der Waals surface area (Å²) in [5.74, 6) is 1.33. The summed E-state index contributed by atoms with van der Waals surface area (Å²) in [7, 11) is 0. The maximum Gasteiger partial charge on any atom is 0.191 e. The molecule has 0 spiro atoms. The molecule has 18 heavy (non-hydrogen) atoms. The molecule has 0 aliphatic rings. The Hall–Kier alpha value is -0.620. The number of hydrogen-bond donors (Lipinski definition) is 2. The zero-order chi connectivity index (χ0) is 13.6. The van der Waals surface area contributed by atoms with E-state index in [1.807, 2.05) is 18.0 Å². The SMILES string of the molecule is CCC(CC)(CNc1cc(N)nc(SC)n1)SC. The maximum atomic E-state index is 5.76. The van der Waals surface area contributed by atoms with Crippen LogP contribution in [-0.2, 0) is 0 Å². The van der Waals surface area contributed by atoms with E-state index < -0.39 is 0 Å². The van der Waals surface area contributed by atoms with Gasteiger partial charge in [0, 0.05) is 17.4 Å². The van der Waals surface area contributed by atoms with Crippen LogP contribution in [0, 0.1) is 0 Å². The van der Waals surface area contributed by atoms with Crippen LogP contribution in [-0.4, -0.2) is 33.8 Å². The van der Waals surface area contributed by atoms with Crippen molar-refractivity contribution in [2.75, 3.05) is 30.1 Å². The van der Waals surface area contributed by atoms with Crippen LogP contribution < -0.4 is 11.1 Å². The van der Waals surface area contributed by atoms with Gasteiger partial charge >= 0.3 is 0 Å². The minimum absolute atomic E-state index is 0.263. The Morgan fingerprint density at radius 3 is 2.44 bits per heavy atom. The zero-order valence-corrected chi connectivity index (χ0v) is 13.1. The van der Waals surface area contributed by atoms with Gasteiger partial charge in [-0.3, -0.25) is 0 Å². The Kier molecular flexibility index (Phi) is 6.08. The van der Waals surface area contributed by atoms with Gasteiger partial charge in [-0.15, -0.1) is 0 Å². The molecule has 0 bridgehead atoms. The van der Waals surface area contributed by atoms with E-state index in [4.69, 9.17) is 5.73 Å². The highest BCUT2D eigenvalue weighted by Crippen LogP contribution is 2.30. The van der Waals surface area contributed by atoms with E-state index in [1.54, 1.807) is 6.07 Å². The molecule has 1 aromatic rings. The molecule has 0 aliphatic carbocycles. The summed E-state index contributed by atoms with van der Waals surface area (Å²) in [6.07, 6.45) is 6.38. The van der Waals surface area contributed by atoms with E-state index in [0.717, 1.165) is 25.2 Å². The van der Waals surface area contributed by atoms with Crippen LogP contribution in [0.2, 0.25) is 0 Å². The first kappa shape index (κ1) is 15.4. The van der Waals surface area contributed by atoms with Crippen molar-refractivity contribution in [2.24, 2.45) is 0 Å². The molecule has 6 heteroatoms. The normalized spacial score (nSPS) is 11.6. The molecule has 0 saturated carbocycles. The first-order valence-corrected chi connectivity index (χ1v) is 8.51. The average Bonchev–Trinajstić information content (AvgIpc) is 2.40. The third-order valence-corrected chi connectivity index (χ3v) is 5.36. The Labute approximate surface area is 118 Å². The van der Waals surface area contributed by atoms with Crippen molar-refractivity contribution >= 4 is 35.2 Å². The molecule has 0 aromatic carbocycles. The summed E-state index contributed by atoms with van der Waals surface area (Å²) < 4.78 is 0.263. The number of thioether (sulfide) groups is 2. The number of rotatable bonds is 7. The van der Waals surface area contributed by atoms with Crippen molar-refractivity contribution in [3.05, 3.63) is 6.07 Å². The van der Waals surface area contributed by atoms with Gasteiger partial charge in [0.25, 0.3) is 0 Å². The highest BCUT2D eigenvalue weighted by Gasteiger charge is 2.24. The summed E-state index contributed by atoms with van der Waals surface area (Å²) in [5.41, 5.74) is 5.76. The van der Waals surface area contributed by atoms with Gasteiger partial charge in [0.15, 0.2) is 5.16 Å². The van der Waals surface area contributed by atoms with Crippen molar-refractivity contribution in [3.63, 3.8) is 0 Å². The highest BCUT2D eigenvalue weighted by atomic mass is 32.2. The number of nitrogens with zero attached hydrogens (tertiary/aromatic N) is 2. The van der Waals surface area contributed by atoms with E-state index in [0.29, 0.717) is 11.0 Å². The van der Waals surface area contributed by atoms with Crippen LogP contribution >= 0.6 is 23.5 Å². The van der Waals surface area contributed by atoms with Crippen molar-refractivity contribution in [2.45, 2.75) is 36.6 Å². The third kappa shape index (κ3) is 3.95. The molecule has 0 amide bonds. The molecule has 0 atom stereocenters. The predicted octanol–water partition coefficient (Wildman–Crippen LogP) is 3.11. The predicted molar refractivity (Wildman–Crippen MR) is 83.5 cm³/mol. The molecule has 1 aromatic heterocycles. The van der Waals surface area contributed by atoms with E-state index in [9.17, 15) is 0 Å². The molecule has 1 rings (SSSR count). The second kappa shape index (κ2) is 7.09. The Morgan fingerprint density at radius 1 is 1.28 bits per heavy atom. The van der Waals surface area contributed by atoms with E-state index in [1.165, 1.54) is 11.8 Å². The summed E-state index contributed by atoms with van der Waals surface area (Å²) in [4.78, 5) is 8.55. The Bertz CT molecular complexity index is 372. The van der Waals surface area contributed by atoms with Gasteiger partial charge in [0.2, 0.25) is 0 Å². The Balaban J connectivity index is 2.76. The van der Waals surface area contributed by atoms with Crippen LogP contribution in [0.4, 0.5) is 11.6 Å². The van der Waals surface area contributed by atoms with Crippen molar-refractivity contribution in [1.29, 1.82) is 0 Å². The van der Waals surface area contributed by atoms with Gasteiger partial charge < -0.3 is 11.1 Å². The molecule has 3 N–H and O–H groups in total. The number of hydrogen-bond acceptors (Lipinski definition) is 6. The maximum absolute atomic E-state index is 5.76. The quantitative estimate of drug-likeness (QED) is 0.593. The van der Waals surface area contributed by atoms with Crippen LogP contribution in [0.3, 0.4) is 0 Å². The first-order chi connectivity index (χ1) is 8.59. The summed E-state index contributed by atoms with van der Waals surface area (Å²) in [6.45, 7) is 5.35. The van der Waals surface area contributed by atoms with Crippen molar-refractivity contribution in [3.8, 4) is 0 Å². The highest BCUT2D eigenvalue weighted by molar-refractivity contribution is 8.00. The monoisotopic (exact) mass is 286 g/mol. The topological polar surface area (TPSA) is 63.8 Å². The van der Waals surface area contributed by atoms with Gasteiger partial charge in [0.1, 0.15) is 11.6 Å². The van der Waals surface area contributed by atoms with Crippen LogP contribution in [0.25, 0.3) is 0 Å². The van der Waals surface area contributed by atoms with Crippen LogP contribution in [0.5, 0.6) is 0 Å². The van der Waals surface area contributed by atoms with Crippen molar-refractivity contribution in [1.82, 2.24) is 9.97 Å². The van der Waals surface area contributed by atoms with Crippen LogP contribution in [0.15, 0.2) is 11.2 Å². The average molecular weight is 286 g/mol. The molecule has 0 saturated heterocycles. The largest absolute Gasteiger partial charge is 0.383 e. The molecule has 0 aliphatic heterocycles. The fourth-order valence-electron chi connectivity index (χ4n) is 1.74. The van der Waals surface area contributed by atoms with E-state index >= 15 is 0 Å². The fraction of sp³-hybridized carbons (Fsp3) is 0.667. The fourth-order valence-corrected chi connectivity index (χ4v) is 2.92. The minimum atomic E-state index is 0.263. The molecule has 102 valence electrons. The molecular weight excluding hydrogens is 264 g/mol. The molecule has 4 nitrogen and oxygen atoms in total. The lowest BCUT2D eigenvalue weighted by Gasteiger charge is -2.30. The van der Waals surface area contributed by atoms with Gasteiger partial charge in [-0.05, 0) is 25.4 Å². The lowest BCUT2D eigenvalue weighted by Crippen LogP contribution is -2.32. The standard InChI is InChI=1S/C12H22N4S2/c1-5-12(6-2,18-4)8-14-10-7-9(13)15-11(16-10)17-3/h7H,5-6,8H2,1-4H3,(H3,13,14,15,16). The molecule has 0 fully saturated rings. The molecule has 0 radical (unpaired) electrons. The smallest absolute Gasteiger partial charge is 0.191 e. The minimum Gasteiger partial charge on any atom is -0.383 e. The van der Waals surface area contributed by atoms with Crippen molar-refractivity contribution < 1.29 is 0 Å². The number of nitrogens with one attached hydrogen (secondary N) is 1. The summed E-state index contributed by atoms with van der Waals surface area (Å²) in [5, 5.41) is 4.10. The summed E-state index contributed by atoms with van der Waals surface area (Å²) >= 11 is 3.41. The van der Waals surface area contributed by atoms with Gasteiger partial charge in [0.05, 0.1) is 0 Å². The number of aromatic nitrogens is 2. The third-order valence-electron chi connectivity index (χ3n) is 3.22. The second-order valence-corrected chi connectivity index (χ2v) is 6.16. The molecule has 0 unspecified atom stereocenters. The molecule has 1 heterocycles. The lowest BCUT2D eigenvalue weighted by molar-refractivity contribution is 0.573. The first-order valence-electron chi connectivity index (χ1n) is 6.06. The number of nitrogens with two attached hydrogens (primary N) is 1. The number of anilines is 2. The second-order valence-electron chi connectivity index (χ2n) is 4.11. The lowest BCUT2D eigenvalue weighted by atomic mass is 10.0. The van der Waals surface area contributed by atoms with E-state index in [-0.39, 0.29) is 4.75 Å². The Morgan fingerprint density at radius 2 is 1.94 bits per heavy atom. The van der Waals surface area contributed by atoms with Gasteiger partial charge in [-0.25, -0.2) is 9.97 Å². The van der Waals surface area contributed by atoms with Gasteiger partial charge in [-0.1, -0.05) is 25.6 Å². The van der Waals surface area contributed by atoms with E-state index in [2.05, 4.69) is 35.4 Å². The van der Waals surface area contributed by atoms with Crippen LogP contribution in [0.1, 0.15) is 26.7 Å². The zero-order valence-electron chi connectivity index (χ0n) is 11.5. The molecular formula is C12H22N4S2. The number of nitrogen functional groups attached to an aromatic ring is 1. The summed E-state index contributed by atoms with van der Waals surface area (Å²) in [6, 6.07) is 1.79. The van der Waals surface area contributed by atoms with Gasteiger partial charge in [-0.2, -0.15) is 11.8 Å².